The van der Waals surface area contributed by atoms with Gasteiger partial charge in [0.15, 0.2) is 0 Å². The summed E-state index contributed by atoms with van der Waals surface area (Å²) in [7, 11) is 2.17. The Labute approximate surface area is 158 Å². The van der Waals surface area contributed by atoms with E-state index in [9.17, 15) is 4.39 Å². The van der Waals surface area contributed by atoms with Crippen molar-refractivity contribution in [3.63, 3.8) is 0 Å². The van der Waals surface area contributed by atoms with E-state index in [4.69, 9.17) is 5.10 Å². The van der Waals surface area contributed by atoms with Crippen LogP contribution in [0, 0.1) is 5.82 Å². The van der Waals surface area contributed by atoms with Crippen LogP contribution in [-0.4, -0.2) is 34.8 Å². The average Bonchev–Trinajstić information content (AvgIpc) is 2.97. The largest absolute Gasteiger partial charge is 0.306 e. The van der Waals surface area contributed by atoms with E-state index in [1.54, 1.807) is 6.07 Å². The van der Waals surface area contributed by atoms with Crippen molar-refractivity contribution in [3.05, 3.63) is 65.6 Å². The molecule has 1 aliphatic heterocycles. The van der Waals surface area contributed by atoms with Gasteiger partial charge in [-0.15, -0.1) is 17.0 Å². The van der Waals surface area contributed by atoms with Crippen molar-refractivity contribution in [1.82, 2.24) is 14.7 Å². The Balaban J connectivity index is 0.00000182. The fraction of sp³-hybridized carbons (Fsp3) is 0.350. The molecule has 5 heteroatoms. The summed E-state index contributed by atoms with van der Waals surface area (Å²) in [6.07, 6.45) is 2.27. The number of hydrogen-bond donors (Lipinski definition) is 0. The lowest BCUT2D eigenvalue weighted by molar-refractivity contribution is 0.253. The molecule has 25 heavy (non-hydrogen) atoms. The van der Waals surface area contributed by atoms with Gasteiger partial charge in [-0.3, -0.25) is 4.68 Å². The maximum Gasteiger partial charge on any atom is 0.128 e. The monoisotopic (exact) mass is 403 g/mol. The minimum Gasteiger partial charge on any atom is -0.306 e. The lowest BCUT2D eigenvalue weighted by atomic mass is 9.92. The minimum absolute atomic E-state index is 0. The molecule has 0 saturated carbocycles. The van der Waals surface area contributed by atoms with E-state index in [1.807, 2.05) is 22.9 Å². The molecule has 0 amide bonds. The molecule has 0 radical (unpaired) electrons. The van der Waals surface area contributed by atoms with Gasteiger partial charge in [0, 0.05) is 16.9 Å². The van der Waals surface area contributed by atoms with Crippen LogP contribution in [-0.2, 0) is 6.54 Å². The fourth-order valence-electron chi connectivity index (χ4n) is 3.65. The third-order valence-electron chi connectivity index (χ3n) is 5.07. The van der Waals surface area contributed by atoms with Gasteiger partial charge in [-0.1, -0.05) is 36.4 Å². The normalized spacial score (nSPS) is 16.1. The molecule has 2 heterocycles. The Morgan fingerprint density at radius 1 is 1.04 bits per heavy atom. The van der Waals surface area contributed by atoms with E-state index in [0.29, 0.717) is 18.0 Å². The quantitative estimate of drug-likeness (QED) is 0.636. The van der Waals surface area contributed by atoms with Gasteiger partial charge in [-0.05, 0) is 45.1 Å². The molecule has 0 N–H and O–H groups in total. The zero-order valence-electron chi connectivity index (χ0n) is 14.4. The van der Waals surface area contributed by atoms with Crippen LogP contribution in [0.4, 0.5) is 4.39 Å². The van der Waals surface area contributed by atoms with Gasteiger partial charge in [0.2, 0.25) is 0 Å². The van der Waals surface area contributed by atoms with Crippen LogP contribution in [0.1, 0.15) is 30.0 Å². The lowest BCUT2D eigenvalue weighted by Crippen LogP contribution is -2.29. The molecule has 3 aromatic rings. The predicted molar refractivity (Wildman–Crippen MR) is 105 cm³/mol. The Kier molecular flexibility index (Phi) is 5.54. The fourth-order valence-corrected chi connectivity index (χ4v) is 3.65. The molecule has 0 aliphatic carbocycles. The summed E-state index contributed by atoms with van der Waals surface area (Å²) in [5, 5.41) is 6.12. The number of piperidine rings is 1. The first kappa shape index (κ1) is 18.1. The van der Waals surface area contributed by atoms with E-state index in [0.717, 1.165) is 31.4 Å². The number of rotatable bonds is 3. The standard InChI is InChI=1S/C20H22FN3.BrH/c1-23-12-10-15(11-13-23)20-17-7-3-5-9-19(17)24(22-20)14-16-6-2-4-8-18(16)21;/h2-9,15H,10-14H2,1H3;1H. The summed E-state index contributed by atoms with van der Waals surface area (Å²) in [5.74, 6) is 0.325. The Hall–Kier alpha value is -1.72. The van der Waals surface area contributed by atoms with Crippen LogP contribution in [0.5, 0.6) is 0 Å². The van der Waals surface area contributed by atoms with Crippen molar-refractivity contribution in [2.24, 2.45) is 0 Å². The van der Waals surface area contributed by atoms with Crippen LogP contribution in [0.15, 0.2) is 48.5 Å². The number of benzene rings is 2. The van der Waals surface area contributed by atoms with E-state index in [1.165, 1.54) is 17.1 Å². The van der Waals surface area contributed by atoms with E-state index >= 15 is 0 Å². The smallest absolute Gasteiger partial charge is 0.128 e. The second kappa shape index (κ2) is 7.67. The van der Waals surface area contributed by atoms with Gasteiger partial charge in [-0.2, -0.15) is 5.10 Å². The number of halogens is 2. The second-order valence-corrected chi connectivity index (χ2v) is 6.73. The number of hydrogen-bond acceptors (Lipinski definition) is 2. The predicted octanol–water partition coefficient (Wildman–Crippen LogP) is 4.61. The van der Waals surface area contributed by atoms with E-state index in [-0.39, 0.29) is 22.8 Å². The van der Waals surface area contributed by atoms with Gasteiger partial charge >= 0.3 is 0 Å². The molecule has 4 rings (SSSR count). The maximum atomic E-state index is 14.0. The number of para-hydroxylation sites is 1. The molecule has 1 fully saturated rings. The molecule has 1 saturated heterocycles. The summed E-state index contributed by atoms with van der Waals surface area (Å²) in [4.78, 5) is 2.37. The van der Waals surface area contributed by atoms with Gasteiger partial charge in [0.05, 0.1) is 17.8 Å². The lowest BCUT2D eigenvalue weighted by Gasteiger charge is -2.28. The highest BCUT2D eigenvalue weighted by Gasteiger charge is 2.23. The Bertz CT molecular complexity index is 853. The minimum atomic E-state index is -0.169. The summed E-state index contributed by atoms with van der Waals surface area (Å²) < 4.78 is 16.0. The first-order chi connectivity index (χ1) is 11.7. The molecule has 0 atom stereocenters. The van der Waals surface area contributed by atoms with Crippen LogP contribution in [0.25, 0.3) is 10.9 Å². The number of likely N-dealkylation sites (tertiary alicyclic amines) is 1. The highest BCUT2D eigenvalue weighted by molar-refractivity contribution is 8.93. The molecular weight excluding hydrogens is 381 g/mol. The molecule has 132 valence electrons. The third kappa shape index (κ3) is 3.62. The topological polar surface area (TPSA) is 21.1 Å². The zero-order chi connectivity index (χ0) is 16.5. The summed E-state index contributed by atoms with van der Waals surface area (Å²) in [6.45, 7) is 2.69. The van der Waals surface area contributed by atoms with Crippen LogP contribution >= 0.6 is 17.0 Å². The molecule has 1 aromatic heterocycles. The van der Waals surface area contributed by atoms with Crippen LogP contribution < -0.4 is 0 Å². The van der Waals surface area contributed by atoms with Gasteiger partial charge in [0.25, 0.3) is 0 Å². The molecular formula is C20H23BrFN3. The van der Waals surface area contributed by atoms with Crippen molar-refractivity contribution in [1.29, 1.82) is 0 Å². The first-order valence-corrected chi connectivity index (χ1v) is 8.60. The number of nitrogens with zero attached hydrogens (tertiary/aromatic N) is 3. The first-order valence-electron chi connectivity index (χ1n) is 8.60. The number of fused-ring (bicyclic) bond motifs is 1. The van der Waals surface area contributed by atoms with Gasteiger partial charge in [-0.25, -0.2) is 4.39 Å². The van der Waals surface area contributed by atoms with Crippen molar-refractivity contribution < 1.29 is 4.39 Å². The number of aromatic nitrogens is 2. The summed E-state index contributed by atoms with van der Waals surface area (Å²) in [6, 6.07) is 15.3. The molecule has 3 nitrogen and oxygen atoms in total. The van der Waals surface area contributed by atoms with Crippen LogP contribution in [0.3, 0.4) is 0 Å². The van der Waals surface area contributed by atoms with Gasteiger partial charge in [0.1, 0.15) is 5.82 Å². The third-order valence-corrected chi connectivity index (χ3v) is 5.07. The highest BCUT2D eigenvalue weighted by Crippen LogP contribution is 2.32. The van der Waals surface area contributed by atoms with Gasteiger partial charge < -0.3 is 4.90 Å². The average molecular weight is 404 g/mol. The maximum absolute atomic E-state index is 14.0. The molecule has 2 aromatic carbocycles. The Morgan fingerprint density at radius 2 is 1.72 bits per heavy atom. The molecule has 1 aliphatic rings. The van der Waals surface area contributed by atoms with E-state index in [2.05, 4.69) is 30.1 Å². The molecule has 0 spiro atoms. The molecule has 0 bridgehead atoms. The summed E-state index contributed by atoms with van der Waals surface area (Å²) in [5.41, 5.74) is 2.95. The highest BCUT2D eigenvalue weighted by atomic mass is 79.9. The Morgan fingerprint density at radius 3 is 2.48 bits per heavy atom. The van der Waals surface area contributed by atoms with E-state index < -0.39 is 0 Å². The van der Waals surface area contributed by atoms with Crippen molar-refractivity contribution in [2.75, 3.05) is 20.1 Å². The summed E-state index contributed by atoms with van der Waals surface area (Å²) >= 11 is 0. The van der Waals surface area contributed by atoms with Crippen LogP contribution in [0.2, 0.25) is 0 Å². The molecule has 0 unspecified atom stereocenters. The SMILES string of the molecule is Br.CN1CCC(c2nn(Cc3ccccc3F)c3ccccc23)CC1. The van der Waals surface area contributed by atoms with Crippen molar-refractivity contribution in [3.8, 4) is 0 Å². The van der Waals surface area contributed by atoms with Crippen molar-refractivity contribution >= 4 is 27.9 Å². The van der Waals surface area contributed by atoms with Crippen molar-refractivity contribution in [2.45, 2.75) is 25.3 Å². The second-order valence-electron chi connectivity index (χ2n) is 6.73. The zero-order valence-corrected chi connectivity index (χ0v) is 16.1.